The molecule has 0 aromatic heterocycles. The number of Topliss-reactive ketones (excluding diaryl/α,β-unsaturated/α-hetero) is 1. The highest BCUT2D eigenvalue weighted by Crippen LogP contribution is 2.24. The lowest BCUT2D eigenvalue weighted by atomic mass is 9.99. The highest BCUT2D eigenvalue weighted by atomic mass is 16.5. The molecule has 22 heavy (non-hydrogen) atoms. The van der Waals surface area contributed by atoms with Gasteiger partial charge in [-0.25, -0.2) is 0 Å². The summed E-state index contributed by atoms with van der Waals surface area (Å²) >= 11 is 0. The second-order valence-electron chi connectivity index (χ2n) is 5.21. The fourth-order valence-corrected chi connectivity index (χ4v) is 2.14. The van der Waals surface area contributed by atoms with Crippen LogP contribution in [-0.2, 0) is 9.53 Å². The maximum atomic E-state index is 12.7. The highest BCUT2D eigenvalue weighted by molar-refractivity contribution is 6.01. The number of carbonyl (C=O) groups excluding carboxylic acids is 2. The lowest BCUT2D eigenvalue weighted by Crippen LogP contribution is -2.19. The number of ether oxygens (including phenoxy) is 1. The average Bonchev–Trinajstić information content (AvgIpc) is 2.52. The van der Waals surface area contributed by atoms with Crippen LogP contribution in [0.25, 0.3) is 0 Å². The molecule has 2 aromatic carbocycles. The van der Waals surface area contributed by atoms with E-state index in [4.69, 9.17) is 4.74 Å². The zero-order valence-corrected chi connectivity index (χ0v) is 12.9. The number of anilines is 1. The largest absolute Gasteiger partial charge is 0.449 e. The first-order valence-corrected chi connectivity index (χ1v) is 7.03. The van der Waals surface area contributed by atoms with Crippen molar-refractivity contribution in [3.05, 3.63) is 65.7 Å². The van der Waals surface area contributed by atoms with Crippen molar-refractivity contribution in [2.75, 3.05) is 19.0 Å². The Labute approximate surface area is 130 Å². The number of rotatable bonds is 5. The van der Waals surface area contributed by atoms with Crippen LogP contribution in [-0.4, -0.2) is 25.8 Å². The van der Waals surface area contributed by atoms with Gasteiger partial charge in [0, 0.05) is 37.8 Å². The first-order valence-electron chi connectivity index (χ1n) is 7.03. The van der Waals surface area contributed by atoms with Gasteiger partial charge in [0.2, 0.25) is 5.78 Å². The fourth-order valence-electron chi connectivity index (χ4n) is 2.14. The first-order chi connectivity index (χ1) is 10.5. The summed E-state index contributed by atoms with van der Waals surface area (Å²) in [5.74, 6) is -0.709. The molecule has 0 radical (unpaired) electrons. The maximum Gasteiger partial charge on any atom is 0.303 e. The Hall–Kier alpha value is -2.62. The van der Waals surface area contributed by atoms with Crippen LogP contribution in [0, 0.1) is 0 Å². The van der Waals surface area contributed by atoms with Crippen molar-refractivity contribution in [1.82, 2.24) is 0 Å². The van der Waals surface area contributed by atoms with E-state index in [1.165, 1.54) is 6.92 Å². The van der Waals surface area contributed by atoms with Gasteiger partial charge >= 0.3 is 5.97 Å². The van der Waals surface area contributed by atoms with E-state index < -0.39 is 12.1 Å². The van der Waals surface area contributed by atoms with E-state index in [1.807, 2.05) is 49.3 Å². The molecule has 0 bridgehead atoms. The molecule has 2 rings (SSSR count). The third-order valence-corrected chi connectivity index (χ3v) is 3.29. The van der Waals surface area contributed by atoms with Crippen LogP contribution >= 0.6 is 0 Å². The summed E-state index contributed by atoms with van der Waals surface area (Å²) < 4.78 is 5.23. The number of hydrogen-bond donors (Lipinski definition) is 0. The predicted molar refractivity (Wildman–Crippen MR) is 86.0 cm³/mol. The summed E-state index contributed by atoms with van der Waals surface area (Å²) in [5, 5.41) is 0. The number of benzene rings is 2. The van der Waals surface area contributed by atoms with Crippen molar-refractivity contribution in [3.63, 3.8) is 0 Å². The topological polar surface area (TPSA) is 46.6 Å². The van der Waals surface area contributed by atoms with Crippen molar-refractivity contribution in [1.29, 1.82) is 0 Å². The van der Waals surface area contributed by atoms with E-state index in [0.717, 1.165) is 5.69 Å². The van der Waals surface area contributed by atoms with E-state index in [-0.39, 0.29) is 5.78 Å². The molecule has 0 aliphatic carbocycles. The molecule has 0 spiro atoms. The minimum Gasteiger partial charge on any atom is -0.449 e. The van der Waals surface area contributed by atoms with E-state index >= 15 is 0 Å². The molecule has 0 amide bonds. The molecule has 1 atom stereocenters. The van der Waals surface area contributed by atoms with Crippen molar-refractivity contribution in [2.24, 2.45) is 0 Å². The van der Waals surface area contributed by atoms with Gasteiger partial charge < -0.3 is 9.64 Å². The lowest BCUT2D eigenvalue weighted by Gasteiger charge is -2.17. The van der Waals surface area contributed by atoms with Crippen molar-refractivity contribution < 1.29 is 14.3 Å². The van der Waals surface area contributed by atoms with Crippen molar-refractivity contribution >= 4 is 17.4 Å². The van der Waals surface area contributed by atoms with Crippen LogP contribution in [0.1, 0.15) is 28.9 Å². The molecule has 0 aliphatic heterocycles. The first kappa shape index (κ1) is 15.8. The van der Waals surface area contributed by atoms with Gasteiger partial charge in [-0.05, 0) is 24.3 Å². The third kappa shape index (κ3) is 3.73. The molecule has 1 unspecified atom stereocenters. The number of hydrogen-bond acceptors (Lipinski definition) is 4. The quantitative estimate of drug-likeness (QED) is 0.628. The molecular weight excluding hydrogens is 278 g/mol. The SMILES string of the molecule is CC(=O)OC(C(=O)c1ccc(N(C)C)cc1)c1ccccc1. The van der Waals surface area contributed by atoms with E-state index in [9.17, 15) is 9.59 Å². The number of esters is 1. The van der Waals surface area contributed by atoms with Crippen molar-refractivity contribution in [3.8, 4) is 0 Å². The van der Waals surface area contributed by atoms with Crippen LogP contribution in [0.2, 0.25) is 0 Å². The Morgan fingerprint density at radius 3 is 2.05 bits per heavy atom. The van der Waals surface area contributed by atoms with Gasteiger partial charge in [-0.3, -0.25) is 9.59 Å². The van der Waals surface area contributed by atoms with Crippen LogP contribution in [0.15, 0.2) is 54.6 Å². The van der Waals surface area contributed by atoms with Gasteiger partial charge in [0.15, 0.2) is 6.10 Å². The predicted octanol–water partition coefficient (Wildman–Crippen LogP) is 3.24. The Balaban J connectivity index is 2.31. The number of nitrogens with zero attached hydrogens (tertiary/aromatic N) is 1. The molecule has 0 heterocycles. The second kappa shape index (κ2) is 6.89. The molecule has 0 saturated heterocycles. The minimum atomic E-state index is -0.913. The third-order valence-electron chi connectivity index (χ3n) is 3.29. The number of ketones is 1. The molecule has 4 nitrogen and oxygen atoms in total. The van der Waals surface area contributed by atoms with Gasteiger partial charge in [0.1, 0.15) is 0 Å². The molecular formula is C18H19NO3. The summed E-state index contributed by atoms with van der Waals surface area (Å²) in [5.41, 5.74) is 2.18. The molecule has 0 fully saturated rings. The second-order valence-corrected chi connectivity index (χ2v) is 5.21. The molecule has 114 valence electrons. The van der Waals surface area contributed by atoms with Gasteiger partial charge in [-0.1, -0.05) is 30.3 Å². The molecule has 2 aromatic rings. The fraction of sp³-hybridized carbons (Fsp3) is 0.222. The summed E-state index contributed by atoms with van der Waals surface area (Å²) in [4.78, 5) is 26.0. The zero-order chi connectivity index (χ0) is 16.1. The molecule has 4 heteroatoms. The van der Waals surface area contributed by atoms with Crippen molar-refractivity contribution in [2.45, 2.75) is 13.0 Å². The highest BCUT2D eigenvalue weighted by Gasteiger charge is 2.24. The average molecular weight is 297 g/mol. The Morgan fingerprint density at radius 1 is 0.955 bits per heavy atom. The smallest absolute Gasteiger partial charge is 0.303 e. The Bertz CT molecular complexity index is 648. The van der Waals surface area contributed by atoms with Crippen LogP contribution < -0.4 is 4.90 Å². The van der Waals surface area contributed by atoms with Crippen LogP contribution in [0.4, 0.5) is 5.69 Å². The summed E-state index contributed by atoms with van der Waals surface area (Å²) in [7, 11) is 3.87. The molecule has 0 saturated carbocycles. The molecule has 0 N–H and O–H groups in total. The van der Waals surface area contributed by atoms with Crippen LogP contribution in [0.3, 0.4) is 0 Å². The van der Waals surface area contributed by atoms with Gasteiger partial charge in [0.25, 0.3) is 0 Å². The standard InChI is InChI=1S/C18H19NO3/c1-13(20)22-18(15-7-5-4-6-8-15)17(21)14-9-11-16(12-10-14)19(2)3/h4-12,18H,1-3H3. The summed E-state index contributed by atoms with van der Waals surface area (Å²) in [6, 6.07) is 16.3. The van der Waals surface area contributed by atoms with E-state index in [1.54, 1.807) is 24.3 Å². The normalized spacial score (nSPS) is 11.6. The maximum absolute atomic E-state index is 12.7. The Morgan fingerprint density at radius 2 is 1.55 bits per heavy atom. The lowest BCUT2D eigenvalue weighted by molar-refractivity contribution is -0.144. The van der Waals surface area contributed by atoms with Gasteiger partial charge in [0.05, 0.1) is 0 Å². The van der Waals surface area contributed by atoms with Gasteiger partial charge in [-0.15, -0.1) is 0 Å². The minimum absolute atomic E-state index is 0.230. The van der Waals surface area contributed by atoms with Crippen LogP contribution in [0.5, 0.6) is 0 Å². The zero-order valence-electron chi connectivity index (χ0n) is 12.9. The Kier molecular flexibility index (Phi) is 4.94. The number of carbonyl (C=O) groups is 2. The van der Waals surface area contributed by atoms with E-state index in [0.29, 0.717) is 11.1 Å². The van der Waals surface area contributed by atoms with Gasteiger partial charge in [-0.2, -0.15) is 0 Å². The van der Waals surface area contributed by atoms with E-state index in [2.05, 4.69) is 0 Å². The monoisotopic (exact) mass is 297 g/mol. The molecule has 0 aliphatic rings. The summed E-state index contributed by atoms with van der Waals surface area (Å²) in [6.45, 7) is 1.30. The summed E-state index contributed by atoms with van der Waals surface area (Å²) in [6.07, 6.45) is -0.913.